The lowest BCUT2D eigenvalue weighted by Crippen LogP contribution is -2.00. The summed E-state index contributed by atoms with van der Waals surface area (Å²) in [6.45, 7) is 3.78. The Morgan fingerprint density at radius 1 is 1.19 bits per heavy atom. The Morgan fingerprint density at radius 2 is 2.04 bits per heavy atom. The second-order valence-electron chi connectivity index (χ2n) is 6.18. The molecule has 0 radical (unpaired) electrons. The van der Waals surface area contributed by atoms with E-state index in [1.165, 1.54) is 0 Å². The third kappa shape index (κ3) is 2.67. The Balaban J connectivity index is 1.92. The second-order valence-corrected chi connectivity index (χ2v) is 6.18. The Hall–Kier alpha value is -3.35. The van der Waals surface area contributed by atoms with Crippen molar-refractivity contribution in [3.05, 3.63) is 63.5 Å². The molecule has 0 spiro atoms. The van der Waals surface area contributed by atoms with Crippen LogP contribution in [-0.4, -0.2) is 27.2 Å². The number of ether oxygens (including phenoxy) is 1. The maximum absolute atomic E-state index is 11.9. The number of hydrogen-bond acceptors (Lipinski definition) is 5. The highest BCUT2D eigenvalue weighted by Gasteiger charge is 2.16. The van der Waals surface area contributed by atoms with Crippen molar-refractivity contribution in [2.45, 2.75) is 20.3 Å². The van der Waals surface area contributed by atoms with Crippen molar-refractivity contribution in [2.75, 3.05) is 7.11 Å². The summed E-state index contributed by atoms with van der Waals surface area (Å²) in [5, 5.41) is 4.03. The highest BCUT2D eigenvalue weighted by Crippen LogP contribution is 2.32. The molecule has 7 heteroatoms. The van der Waals surface area contributed by atoms with Gasteiger partial charge in [0.05, 0.1) is 23.8 Å². The van der Waals surface area contributed by atoms with Crippen molar-refractivity contribution in [1.82, 2.24) is 20.1 Å². The van der Waals surface area contributed by atoms with Crippen molar-refractivity contribution in [3.8, 4) is 17.0 Å². The highest BCUT2D eigenvalue weighted by molar-refractivity contribution is 5.86. The van der Waals surface area contributed by atoms with Crippen LogP contribution in [0.1, 0.15) is 22.6 Å². The van der Waals surface area contributed by atoms with Crippen LogP contribution >= 0.6 is 0 Å². The lowest BCUT2D eigenvalue weighted by molar-refractivity contribution is 0.393. The van der Waals surface area contributed by atoms with Gasteiger partial charge in [0, 0.05) is 23.7 Å². The van der Waals surface area contributed by atoms with Gasteiger partial charge in [-0.3, -0.25) is 0 Å². The number of nitrogens with one attached hydrogen (secondary N) is 2. The lowest BCUT2D eigenvalue weighted by atomic mass is 9.97. The van der Waals surface area contributed by atoms with E-state index < -0.39 is 0 Å². The van der Waals surface area contributed by atoms with E-state index in [2.05, 4.69) is 20.1 Å². The molecule has 26 heavy (non-hydrogen) atoms. The van der Waals surface area contributed by atoms with E-state index in [-0.39, 0.29) is 5.69 Å². The van der Waals surface area contributed by atoms with E-state index in [9.17, 15) is 4.79 Å². The first-order chi connectivity index (χ1) is 12.6. The van der Waals surface area contributed by atoms with Gasteiger partial charge in [-0.25, -0.2) is 9.78 Å². The van der Waals surface area contributed by atoms with Gasteiger partial charge in [-0.1, -0.05) is 11.2 Å². The van der Waals surface area contributed by atoms with E-state index in [4.69, 9.17) is 9.26 Å². The molecular weight excluding hydrogens is 332 g/mol. The van der Waals surface area contributed by atoms with Crippen LogP contribution in [0.3, 0.4) is 0 Å². The van der Waals surface area contributed by atoms with Gasteiger partial charge >= 0.3 is 5.69 Å². The largest absolute Gasteiger partial charge is 0.481 e. The number of fused-ring (bicyclic) bond motifs is 1. The van der Waals surface area contributed by atoms with Gasteiger partial charge in [0.25, 0.3) is 0 Å². The predicted molar refractivity (Wildman–Crippen MR) is 97.5 cm³/mol. The van der Waals surface area contributed by atoms with E-state index in [1.54, 1.807) is 13.3 Å². The molecule has 3 aromatic heterocycles. The zero-order chi connectivity index (χ0) is 18.3. The summed E-state index contributed by atoms with van der Waals surface area (Å²) in [7, 11) is 1.60. The Bertz CT molecular complexity index is 1130. The van der Waals surface area contributed by atoms with Crippen molar-refractivity contribution in [3.63, 3.8) is 0 Å². The summed E-state index contributed by atoms with van der Waals surface area (Å²) < 4.78 is 10.7. The van der Waals surface area contributed by atoms with Crippen LogP contribution < -0.4 is 10.4 Å². The molecule has 0 aliphatic rings. The zero-order valence-electron chi connectivity index (χ0n) is 14.7. The van der Waals surface area contributed by atoms with E-state index >= 15 is 0 Å². The van der Waals surface area contributed by atoms with Gasteiger partial charge in [-0.2, -0.15) is 0 Å². The molecule has 0 aliphatic carbocycles. The molecule has 0 saturated heterocycles. The molecule has 0 amide bonds. The zero-order valence-corrected chi connectivity index (χ0v) is 14.7. The number of rotatable bonds is 4. The van der Waals surface area contributed by atoms with Gasteiger partial charge in [0.15, 0.2) is 0 Å². The number of benzene rings is 1. The summed E-state index contributed by atoms with van der Waals surface area (Å²) in [6.07, 6.45) is 2.26. The van der Waals surface area contributed by atoms with E-state index in [0.717, 1.165) is 44.7 Å². The number of pyridine rings is 1. The highest BCUT2D eigenvalue weighted by atomic mass is 16.5. The van der Waals surface area contributed by atoms with Crippen LogP contribution in [-0.2, 0) is 6.42 Å². The monoisotopic (exact) mass is 350 g/mol. The molecule has 2 N–H and O–H groups in total. The minimum absolute atomic E-state index is 0.240. The van der Waals surface area contributed by atoms with Crippen molar-refractivity contribution in [2.24, 2.45) is 0 Å². The van der Waals surface area contributed by atoms with Crippen LogP contribution in [0, 0.1) is 13.8 Å². The molecule has 0 saturated carbocycles. The molecule has 0 fully saturated rings. The Labute approximate surface area is 149 Å². The number of aromatic amines is 2. The third-order valence-corrected chi connectivity index (χ3v) is 4.45. The minimum atomic E-state index is -0.240. The molecule has 4 rings (SSSR count). The first kappa shape index (κ1) is 16.1. The quantitative estimate of drug-likeness (QED) is 0.589. The molecule has 3 heterocycles. The molecule has 0 bridgehead atoms. The van der Waals surface area contributed by atoms with Gasteiger partial charge in [-0.15, -0.1) is 0 Å². The van der Waals surface area contributed by atoms with Crippen molar-refractivity contribution < 1.29 is 9.26 Å². The third-order valence-electron chi connectivity index (χ3n) is 4.45. The maximum atomic E-state index is 11.9. The lowest BCUT2D eigenvalue weighted by Gasteiger charge is -2.10. The average molecular weight is 350 g/mol. The number of nitrogens with zero attached hydrogens (tertiary/aromatic N) is 2. The fourth-order valence-corrected chi connectivity index (χ4v) is 3.34. The maximum Gasteiger partial charge on any atom is 0.323 e. The number of aryl methyl sites for hydroxylation is 2. The molecule has 0 aliphatic heterocycles. The van der Waals surface area contributed by atoms with Gasteiger partial charge in [0.2, 0.25) is 5.88 Å². The number of imidazole rings is 1. The van der Waals surface area contributed by atoms with Gasteiger partial charge in [0.1, 0.15) is 5.76 Å². The molecule has 1 aromatic carbocycles. The summed E-state index contributed by atoms with van der Waals surface area (Å²) in [5.41, 5.74) is 5.87. The number of H-pyrrole nitrogens is 2. The molecule has 132 valence electrons. The molecule has 4 aromatic rings. The molecule has 0 atom stereocenters. The topological polar surface area (TPSA) is 96.8 Å². The minimum Gasteiger partial charge on any atom is -0.481 e. The van der Waals surface area contributed by atoms with Crippen molar-refractivity contribution >= 4 is 11.0 Å². The molecular formula is C19H18N4O3. The number of hydrogen-bond donors (Lipinski definition) is 2. The summed E-state index contributed by atoms with van der Waals surface area (Å²) in [4.78, 5) is 21.8. The fourth-order valence-electron chi connectivity index (χ4n) is 3.34. The van der Waals surface area contributed by atoms with Crippen LogP contribution in [0.4, 0.5) is 0 Å². The number of aromatic nitrogens is 4. The molecule has 7 nitrogen and oxygen atoms in total. The smallest absolute Gasteiger partial charge is 0.323 e. The fraction of sp³-hybridized carbons (Fsp3) is 0.211. The summed E-state index contributed by atoms with van der Waals surface area (Å²) in [6, 6.07) is 7.81. The summed E-state index contributed by atoms with van der Waals surface area (Å²) >= 11 is 0. The average Bonchev–Trinajstić information content (AvgIpc) is 3.16. The Morgan fingerprint density at radius 3 is 2.77 bits per heavy atom. The summed E-state index contributed by atoms with van der Waals surface area (Å²) in [5.74, 6) is 1.31. The SMILES string of the molecule is COc1ncccc1Cc1cc(-c2c(C)noc2C)cc2[nH]c(=O)[nH]c12. The van der Waals surface area contributed by atoms with Crippen molar-refractivity contribution in [1.29, 1.82) is 0 Å². The number of methoxy groups -OCH3 is 1. The first-order valence-corrected chi connectivity index (χ1v) is 8.23. The first-order valence-electron chi connectivity index (χ1n) is 8.23. The van der Waals surface area contributed by atoms with Gasteiger partial charge < -0.3 is 19.2 Å². The van der Waals surface area contributed by atoms with Crippen LogP contribution in [0.25, 0.3) is 22.2 Å². The van der Waals surface area contributed by atoms with Crippen LogP contribution in [0.15, 0.2) is 39.8 Å². The second kappa shape index (κ2) is 6.18. The Kier molecular flexibility index (Phi) is 3.84. The van der Waals surface area contributed by atoms with Gasteiger partial charge in [-0.05, 0) is 43.2 Å². The molecule has 0 unspecified atom stereocenters. The van der Waals surface area contributed by atoms with E-state index in [1.807, 2.05) is 38.1 Å². The van der Waals surface area contributed by atoms with Crippen LogP contribution in [0.2, 0.25) is 0 Å². The standard InChI is InChI=1S/C19H18N4O3/c1-10-16(11(2)26-23-10)13-8-14(17-15(9-13)21-19(24)22-17)7-12-5-4-6-20-18(12)25-3/h4-6,8-9H,7H2,1-3H3,(H2,21,22,24). The normalized spacial score (nSPS) is 11.2. The van der Waals surface area contributed by atoms with E-state index in [0.29, 0.717) is 12.3 Å². The predicted octanol–water partition coefficient (Wildman–Crippen LogP) is 3.12. The van der Waals surface area contributed by atoms with Crippen LogP contribution in [0.5, 0.6) is 5.88 Å².